The van der Waals surface area contributed by atoms with Crippen LogP contribution in [0.4, 0.5) is 4.39 Å². The Morgan fingerprint density at radius 1 is 1.50 bits per heavy atom. The van der Waals surface area contributed by atoms with Gasteiger partial charge in [-0.2, -0.15) is 0 Å². The van der Waals surface area contributed by atoms with Crippen LogP contribution in [-0.4, -0.2) is 42.5 Å². The fourth-order valence-corrected chi connectivity index (χ4v) is 0.915. The molecule has 1 aromatic rings. The number of aliphatic hydroxyl groups is 2. The van der Waals surface area contributed by atoms with E-state index in [4.69, 9.17) is 14.9 Å². The maximum Gasteiger partial charge on any atom is 0.150 e. The number of rotatable bonds is 5. The van der Waals surface area contributed by atoms with E-state index in [1.807, 2.05) is 0 Å². The van der Waals surface area contributed by atoms with Gasteiger partial charge in [-0.15, -0.1) is 0 Å². The Kier molecular flexibility index (Phi) is 8.32. The topological polar surface area (TPSA) is 74.6 Å². The number of aromatic nitrogens is 1. The molecule has 1 rings (SSSR count). The predicted octanol–water partition coefficient (Wildman–Crippen LogP) is -0.0803. The van der Waals surface area contributed by atoms with Crippen LogP contribution in [-0.2, 0) is 6.61 Å². The highest BCUT2D eigenvalue weighted by molar-refractivity contribution is 5.21. The number of nitrogens with zero attached hydrogens (tertiary/aromatic N) is 1. The number of nitrogens with one attached hydrogen (secondary N) is 1. The van der Waals surface area contributed by atoms with Crippen molar-refractivity contribution in [3.05, 3.63) is 23.8 Å². The molecule has 0 spiro atoms. The molecule has 1 aromatic heterocycles. The summed E-state index contributed by atoms with van der Waals surface area (Å²) < 4.78 is 18.2. The molecule has 0 amide bonds. The summed E-state index contributed by atoms with van der Waals surface area (Å²) in [7, 11) is 2.80. The molecule has 0 atom stereocenters. The van der Waals surface area contributed by atoms with Gasteiger partial charge in [0.15, 0.2) is 5.82 Å². The summed E-state index contributed by atoms with van der Waals surface area (Å²) in [5.74, 6) is -0.176. The van der Waals surface area contributed by atoms with Crippen molar-refractivity contribution in [2.24, 2.45) is 0 Å². The Hall–Kier alpha value is -1.24. The minimum absolute atomic E-state index is 0.0333. The average molecular weight is 232 g/mol. The lowest BCUT2D eigenvalue weighted by Crippen LogP contribution is -2.16. The van der Waals surface area contributed by atoms with Crippen LogP contribution in [0.1, 0.15) is 5.69 Å². The van der Waals surface area contributed by atoms with Crippen LogP contribution in [0.25, 0.3) is 0 Å². The van der Waals surface area contributed by atoms with E-state index in [9.17, 15) is 4.39 Å². The van der Waals surface area contributed by atoms with Crippen molar-refractivity contribution in [1.82, 2.24) is 10.3 Å². The third kappa shape index (κ3) is 5.01. The van der Waals surface area contributed by atoms with Gasteiger partial charge in [0.25, 0.3) is 0 Å². The van der Waals surface area contributed by atoms with Crippen LogP contribution in [0.15, 0.2) is 12.3 Å². The highest BCUT2D eigenvalue weighted by atomic mass is 19.1. The monoisotopic (exact) mass is 232 g/mol. The van der Waals surface area contributed by atoms with Crippen molar-refractivity contribution in [2.45, 2.75) is 6.61 Å². The van der Waals surface area contributed by atoms with E-state index in [1.165, 1.54) is 12.3 Å². The molecule has 0 radical (unpaired) electrons. The lowest BCUT2D eigenvalue weighted by molar-refractivity contribution is 0.268. The van der Waals surface area contributed by atoms with E-state index in [1.54, 1.807) is 7.05 Å². The number of pyridine rings is 1. The van der Waals surface area contributed by atoms with Crippen molar-refractivity contribution in [2.75, 3.05) is 27.3 Å². The number of halogens is 1. The van der Waals surface area contributed by atoms with E-state index in [2.05, 4.69) is 10.3 Å². The van der Waals surface area contributed by atoms with Gasteiger partial charge in [-0.05, 0) is 7.05 Å². The van der Waals surface area contributed by atoms with Gasteiger partial charge in [0, 0.05) is 19.7 Å². The number of hydrogen-bond acceptors (Lipinski definition) is 5. The van der Waals surface area contributed by atoms with Gasteiger partial charge in [0.1, 0.15) is 18.1 Å². The van der Waals surface area contributed by atoms with Crippen molar-refractivity contribution >= 4 is 0 Å². The van der Waals surface area contributed by atoms with Crippen molar-refractivity contribution in [3.8, 4) is 5.75 Å². The van der Waals surface area contributed by atoms with E-state index in [-0.39, 0.29) is 5.69 Å². The molecule has 3 N–H and O–H groups in total. The normalized spacial score (nSPS) is 9.31. The molecule has 0 fully saturated rings. The zero-order chi connectivity index (χ0) is 12.4. The van der Waals surface area contributed by atoms with Crippen LogP contribution in [0.5, 0.6) is 5.75 Å². The molecule has 5 nitrogen and oxygen atoms in total. The number of hydrogen-bond donors (Lipinski definition) is 3. The molecule has 16 heavy (non-hydrogen) atoms. The molecule has 0 aliphatic rings. The van der Waals surface area contributed by atoms with Gasteiger partial charge in [0.2, 0.25) is 0 Å². The molecule has 0 unspecified atom stereocenters. The second kappa shape index (κ2) is 9.02. The average Bonchev–Trinajstić information content (AvgIpc) is 2.32. The van der Waals surface area contributed by atoms with Crippen LogP contribution >= 0.6 is 0 Å². The van der Waals surface area contributed by atoms with Gasteiger partial charge in [-0.1, -0.05) is 0 Å². The molecule has 0 aliphatic carbocycles. The molecule has 0 saturated heterocycles. The second-order valence-corrected chi connectivity index (χ2v) is 2.71. The minimum atomic E-state index is -0.547. The van der Waals surface area contributed by atoms with Gasteiger partial charge in [-0.25, -0.2) is 4.39 Å². The molecule has 92 valence electrons. The number of likely N-dealkylation sites (N-methyl/N-ethyl adjacent to an activating group) is 1. The Bertz CT molecular complexity index is 297. The maximum atomic E-state index is 13.0. The summed E-state index contributed by atoms with van der Waals surface area (Å²) in [5.41, 5.74) is 0.0333. The highest BCUT2D eigenvalue weighted by Crippen LogP contribution is 2.13. The second-order valence-electron chi connectivity index (χ2n) is 2.71. The first-order valence-electron chi connectivity index (χ1n) is 4.75. The molecule has 0 bridgehead atoms. The van der Waals surface area contributed by atoms with E-state index in [0.29, 0.717) is 18.9 Å². The maximum absolute atomic E-state index is 13.0. The van der Waals surface area contributed by atoms with E-state index < -0.39 is 12.4 Å². The predicted molar refractivity (Wildman–Crippen MR) is 57.7 cm³/mol. The van der Waals surface area contributed by atoms with Crippen molar-refractivity contribution < 1.29 is 19.3 Å². The summed E-state index contributed by atoms with van der Waals surface area (Å²) in [4.78, 5) is 3.71. The first kappa shape index (κ1) is 14.8. The van der Waals surface area contributed by atoms with E-state index in [0.717, 1.165) is 7.11 Å². The summed E-state index contributed by atoms with van der Waals surface area (Å²) >= 11 is 0. The van der Waals surface area contributed by atoms with Crippen molar-refractivity contribution in [1.29, 1.82) is 0 Å². The molecule has 0 saturated carbocycles. The van der Waals surface area contributed by atoms with Gasteiger partial charge >= 0.3 is 0 Å². The van der Waals surface area contributed by atoms with E-state index >= 15 is 0 Å². The molecule has 0 aliphatic heterocycles. The van der Waals surface area contributed by atoms with Gasteiger partial charge in [0.05, 0.1) is 12.8 Å². The zero-order valence-electron chi connectivity index (χ0n) is 9.40. The fraction of sp³-hybridized carbons (Fsp3) is 0.500. The summed E-state index contributed by atoms with van der Waals surface area (Å²) in [5, 5.41) is 18.6. The summed E-state index contributed by atoms with van der Waals surface area (Å²) in [6.07, 6.45) is 1.39. The molecular weight excluding hydrogens is 215 g/mol. The Morgan fingerprint density at radius 3 is 2.69 bits per heavy atom. The van der Waals surface area contributed by atoms with Gasteiger partial charge in [-0.3, -0.25) is 4.98 Å². The first-order chi connectivity index (χ1) is 7.77. The smallest absolute Gasteiger partial charge is 0.150 e. The third-order valence-corrected chi connectivity index (χ3v) is 1.66. The SMILES string of the molecule is CNCCOc1cnc(CO)c(F)c1.CO. The van der Waals surface area contributed by atoms with Crippen LogP contribution in [0, 0.1) is 5.82 Å². The van der Waals surface area contributed by atoms with Crippen molar-refractivity contribution in [3.63, 3.8) is 0 Å². The Balaban J connectivity index is 0.00000106. The molecule has 6 heteroatoms. The third-order valence-electron chi connectivity index (χ3n) is 1.66. The quantitative estimate of drug-likeness (QED) is 0.619. The first-order valence-corrected chi connectivity index (χ1v) is 4.75. The summed E-state index contributed by atoms with van der Waals surface area (Å²) in [6.45, 7) is 0.738. The van der Waals surface area contributed by atoms with Gasteiger partial charge < -0.3 is 20.3 Å². The number of ether oxygens (including phenoxy) is 1. The van der Waals surface area contributed by atoms with Crippen LogP contribution in [0.3, 0.4) is 0 Å². The van der Waals surface area contributed by atoms with Crippen LogP contribution < -0.4 is 10.1 Å². The lowest BCUT2D eigenvalue weighted by Gasteiger charge is -2.06. The molecule has 0 aromatic carbocycles. The standard InChI is InChI=1S/C9H13FN2O2.CH4O/c1-11-2-3-14-7-4-8(10)9(6-13)12-5-7;1-2/h4-5,11,13H,2-3,6H2,1H3;2H,1H3. The summed E-state index contributed by atoms with van der Waals surface area (Å²) in [6, 6.07) is 1.22. The molecular formula is C10H17FN2O3. The fourth-order valence-electron chi connectivity index (χ4n) is 0.915. The number of aliphatic hydroxyl groups excluding tert-OH is 2. The lowest BCUT2D eigenvalue weighted by atomic mass is 10.3. The zero-order valence-corrected chi connectivity index (χ0v) is 9.40. The molecule has 1 heterocycles. The minimum Gasteiger partial charge on any atom is -0.491 e. The van der Waals surface area contributed by atoms with Crippen LogP contribution in [0.2, 0.25) is 0 Å². The highest BCUT2D eigenvalue weighted by Gasteiger charge is 2.04. The Morgan fingerprint density at radius 2 is 2.19 bits per heavy atom. The Labute approximate surface area is 93.9 Å². The largest absolute Gasteiger partial charge is 0.491 e.